The van der Waals surface area contributed by atoms with Crippen molar-refractivity contribution in [3.8, 4) is 0 Å². The first-order chi connectivity index (χ1) is 11.2. The molecule has 0 radical (unpaired) electrons. The van der Waals surface area contributed by atoms with E-state index < -0.39 is 28.0 Å². The summed E-state index contributed by atoms with van der Waals surface area (Å²) in [6.07, 6.45) is 0. The molecule has 0 saturated heterocycles. The van der Waals surface area contributed by atoms with E-state index in [9.17, 15) is 23.1 Å². The maximum absolute atomic E-state index is 12.7. The van der Waals surface area contributed by atoms with E-state index in [0.717, 1.165) is 0 Å². The van der Waals surface area contributed by atoms with E-state index in [2.05, 4.69) is 10.0 Å². The lowest BCUT2D eigenvalue weighted by Gasteiger charge is -2.23. The Kier molecular flexibility index (Phi) is 3.81. The number of carboxylic acids is 1. The molecular formula is C16H15N2O5S-. The Hall–Kier alpha value is -2.45. The highest BCUT2D eigenvalue weighted by atomic mass is 32.2. The molecule has 8 heteroatoms. The molecule has 1 amide bonds. The standard InChI is InChI=1S/C16H16N2O5S/c1-8(2)14(16(20)21)18-24(22,23)12-7-6-11-13-9(12)4-3-5-10(13)15(19)17-11/h3-8,14,18H,1-2H3,(H,17,19)(H,20,21)/p-1/t14-/m1/s1. The Bertz CT molecular complexity index is 966. The number of hydrogen-bond donors (Lipinski definition) is 2. The highest BCUT2D eigenvalue weighted by molar-refractivity contribution is 7.89. The average molecular weight is 347 g/mol. The summed E-state index contributed by atoms with van der Waals surface area (Å²) < 4.78 is 27.5. The number of carboxylic acid groups (broad SMARTS) is 1. The summed E-state index contributed by atoms with van der Waals surface area (Å²) in [5, 5.41) is 14.7. The Balaban J connectivity index is 2.15. The van der Waals surface area contributed by atoms with Crippen LogP contribution in [0.3, 0.4) is 0 Å². The van der Waals surface area contributed by atoms with Gasteiger partial charge in [-0.05, 0) is 24.1 Å². The Labute approximate surface area is 138 Å². The molecular weight excluding hydrogens is 332 g/mol. The van der Waals surface area contributed by atoms with E-state index in [1.54, 1.807) is 32.0 Å². The summed E-state index contributed by atoms with van der Waals surface area (Å²) in [6.45, 7) is 3.16. The lowest BCUT2D eigenvalue weighted by atomic mass is 10.1. The minimum Gasteiger partial charge on any atom is -0.548 e. The predicted molar refractivity (Wildman–Crippen MR) is 85.9 cm³/mol. The number of anilines is 1. The number of carbonyl (C=O) groups excluding carboxylic acids is 2. The minimum absolute atomic E-state index is 0.0773. The number of carbonyl (C=O) groups is 2. The Morgan fingerprint density at radius 3 is 2.54 bits per heavy atom. The molecule has 1 heterocycles. The van der Waals surface area contributed by atoms with E-state index in [4.69, 9.17) is 0 Å². The number of hydrogen-bond acceptors (Lipinski definition) is 5. The first kappa shape index (κ1) is 16.4. The van der Waals surface area contributed by atoms with Gasteiger partial charge in [0.2, 0.25) is 10.0 Å². The number of rotatable bonds is 5. The Morgan fingerprint density at radius 2 is 1.92 bits per heavy atom. The molecule has 0 fully saturated rings. The van der Waals surface area contributed by atoms with Gasteiger partial charge < -0.3 is 15.2 Å². The smallest absolute Gasteiger partial charge is 0.256 e. The number of sulfonamides is 1. The average Bonchev–Trinajstić information content (AvgIpc) is 2.83. The first-order valence-corrected chi connectivity index (χ1v) is 8.81. The summed E-state index contributed by atoms with van der Waals surface area (Å²) >= 11 is 0. The fourth-order valence-corrected chi connectivity index (χ4v) is 4.32. The number of nitrogens with one attached hydrogen (secondary N) is 2. The third-order valence-electron chi connectivity index (χ3n) is 3.99. The van der Waals surface area contributed by atoms with Crippen LogP contribution in [-0.2, 0) is 14.8 Å². The van der Waals surface area contributed by atoms with Crippen LogP contribution < -0.4 is 15.1 Å². The van der Waals surface area contributed by atoms with Crippen molar-refractivity contribution >= 4 is 38.4 Å². The van der Waals surface area contributed by atoms with Crippen molar-refractivity contribution < 1.29 is 23.1 Å². The SMILES string of the molecule is CC(C)[C@@H](NS(=O)(=O)c1ccc2c3c(cccc13)C(=O)N2)C(=O)[O-]. The summed E-state index contributed by atoms with van der Waals surface area (Å²) in [5.74, 6) is -2.27. The lowest BCUT2D eigenvalue weighted by Crippen LogP contribution is -2.50. The summed E-state index contributed by atoms with van der Waals surface area (Å²) in [7, 11) is -4.11. The summed E-state index contributed by atoms with van der Waals surface area (Å²) in [4.78, 5) is 23.0. The van der Waals surface area contributed by atoms with Gasteiger partial charge in [-0.3, -0.25) is 4.79 Å². The van der Waals surface area contributed by atoms with Crippen LogP contribution >= 0.6 is 0 Å². The zero-order valence-electron chi connectivity index (χ0n) is 13.0. The fraction of sp³-hybridized carbons (Fsp3) is 0.250. The van der Waals surface area contributed by atoms with E-state index in [1.807, 2.05) is 0 Å². The molecule has 0 aliphatic carbocycles. The van der Waals surface area contributed by atoms with Crippen molar-refractivity contribution in [1.29, 1.82) is 0 Å². The first-order valence-electron chi connectivity index (χ1n) is 7.32. The van der Waals surface area contributed by atoms with Crippen LogP contribution in [0, 0.1) is 5.92 Å². The zero-order chi connectivity index (χ0) is 17.6. The second-order valence-corrected chi connectivity index (χ2v) is 7.64. The molecule has 126 valence electrons. The highest BCUT2D eigenvalue weighted by Crippen LogP contribution is 2.36. The zero-order valence-corrected chi connectivity index (χ0v) is 13.8. The van der Waals surface area contributed by atoms with Crippen molar-refractivity contribution in [1.82, 2.24) is 4.72 Å². The molecule has 1 atom stereocenters. The van der Waals surface area contributed by atoms with Gasteiger partial charge in [0.15, 0.2) is 0 Å². The van der Waals surface area contributed by atoms with Crippen LogP contribution in [0.2, 0.25) is 0 Å². The second-order valence-electron chi connectivity index (χ2n) is 5.96. The summed E-state index contributed by atoms with van der Waals surface area (Å²) in [6, 6.07) is 6.27. The molecule has 0 aromatic heterocycles. The van der Waals surface area contributed by atoms with E-state index in [0.29, 0.717) is 22.0 Å². The molecule has 24 heavy (non-hydrogen) atoms. The molecule has 0 saturated carbocycles. The van der Waals surface area contributed by atoms with Crippen LogP contribution in [-0.4, -0.2) is 26.3 Å². The van der Waals surface area contributed by atoms with Gasteiger partial charge >= 0.3 is 0 Å². The van der Waals surface area contributed by atoms with Crippen LogP contribution in [0.4, 0.5) is 5.69 Å². The molecule has 7 nitrogen and oxygen atoms in total. The van der Waals surface area contributed by atoms with Crippen molar-refractivity contribution in [3.05, 3.63) is 35.9 Å². The lowest BCUT2D eigenvalue weighted by molar-refractivity contribution is -0.309. The second kappa shape index (κ2) is 5.57. The van der Waals surface area contributed by atoms with Crippen LogP contribution in [0.25, 0.3) is 10.8 Å². The van der Waals surface area contributed by atoms with Crippen LogP contribution in [0.15, 0.2) is 35.2 Å². The van der Waals surface area contributed by atoms with Crippen LogP contribution in [0.5, 0.6) is 0 Å². The van der Waals surface area contributed by atoms with Gasteiger partial charge in [0.1, 0.15) is 0 Å². The predicted octanol–water partition coefficient (Wildman–Crippen LogP) is 0.458. The summed E-state index contributed by atoms with van der Waals surface area (Å²) in [5.41, 5.74) is 0.921. The van der Waals surface area contributed by atoms with Gasteiger partial charge in [0.05, 0.1) is 16.9 Å². The maximum Gasteiger partial charge on any atom is 0.256 e. The highest BCUT2D eigenvalue weighted by Gasteiger charge is 2.28. The fourth-order valence-electron chi connectivity index (χ4n) is 2.78. The molecule has 0 spiro atoms. The van der Waals surface area contributed by atoms with Crippen molar-refractivity contribution in [3.63, 3.8) is 0 Å². The van der Waals surface area contributed by atoms with Crippen LogP contribution in [0.1, 0.15) is 24.2 Å². The molecule has 1 aliphatic rings. The topological polar surface area (TPSA) is 115 Å². The van der Waals surface area contributed by atoms with Gasteiger partial charge in [0.25, 0.3) is 5.91 Å². The van der Waals surface area contributed by atoms with Crippen molar-refractivity contribution in [2.45, 2.75) is 24.8 Å². The molecule has 2 aromatic rings. The van der Waals surface area contributed by atoms with Gasteiger partial charge in [-0.1, -0.05) is 26.0 Å². The normalized spacial score (nSPS) is 14.9. The van der Waals surface area contributed by atoms with Gasteiger partial charge in [0, 0.05) is 22.0 Å². The van der Waals surface area contributed by atoms with Gasteiger partial charge in [-0.15, -0.1) is 0 Å². The molecule has 2 aromatic carbocycles. The molecule has 0 bridgehead atoms. The van der Waals surface area contributed by atoms with Gasteiger partial charge in [-0.2, -0.15) is 0 Å². The van der Waals surface area contributed by atoms with E-state index in [1.165, 1.54) is 12.1 Å². The largest absolute Gasteiger partial charge is 0.548 e. The number of amides is 1. The quantitative estimate of drug-likeness (QED) is 0.815. The third kappa shape index (κ3) is 2.53. The molecule has 3 rings (SSSR count). The molecule has 0 unspecified atom stereocenters. The van der Waals surface area contributed by atoms with Crippen molar-refractivity contribution in [2.24, 2.45) is 5.92 Å². The maximum atomic E-state index is 12.7. The van der Waals surface area contributed by atoms with Gasteiger partial charge in [-0.25, -0.2) is 13.1 Å². The molecule has 2 N–H and O–H groups in total. The number of benzene rings is 2. The van der Waals surface area contributed by atoms with E-state index >= 15 is 0 Å². The number of aliphatic carboxylic acids is 1. The minimum atomic E-state index is -4.11. The Morgan fingerprint density at radius 1 is 1.21 bits per heavy atom. The molecule has 1 aliphatic heterocycles. The third-order valence-corrected chi connectivity index (χ3v) is 5.48. The van der Waals surface area contributed by atoms with E-state index in [-0.39, 0.29) is 10.8 Å². The van der Waals surface area contributed by atoms with Crippen molar-refractivity contribution in [2.75, 3.05) is 5.32 Å². The monoisotopic (exact) mass is 347 g/mol.